The van der Waals surface area contributed by atoms with Gasteiger partial charge in [-0.15, -0.1) is 0 Å². The van der Waals surface area contributed by atoms with Crippen LogP contribution < -0.4 is 10.1 Å². The Morgan fingerprint density at radius 1 is 1.23 bits per heavy atom. The molecule has 1 N–H and O–H groups in total. The number of nitrogens with one attached hydrogen (secondary N) is 1. The van der Waals surface area contributed by atoms with Crippen molar-refractivity contribution in [1.29, 1.82) is 5.26 Å². The normalized spacial score (nSPS) is 10.0. The number of nitrogens with zero attached hydrogens (tertiary/aromatic N) is 4. The van der Waals surface area contributed by atoms with Crippen LogP contribution in [0.1, 0.15) is 17.0 Å². The molecule has 7 heteroatoms. The van der Waals surface area contributed by atoms with Gasteiger partial charge in [0.25, 0.3) is 0 Å². The zero-order valence-electron chi connectivity index (χ0n) is 14.0. The van der Waals surface area contributed by atoms with Crippen molar-refractivity contribution in [2.24, 2.45) is 0 Å². The van der Waals surface area contributed by atoms with E-state index in [1.54, 1.807) is 42.7 Å². The zero-order valence-corrected chi connectivity index (χ0v) is 14.0. The number of hydrogen-bond acceptors (Lipinski definition) is 6. The van der Waals surface area contributed by atoms with Crippen LogP contribution in [0.15, 0.2) is 55.0 Å². The van der Waals surface area contributed by atoms with E-state index >= 15 is 0 Å². The third-order valence-electron chi connectivity index (χ3n) is 3.35. The fourth-order valence-electron chi connectivity index (χ4n) is 2.32. The van der Waals surface area contributed by atoms with Gasteiger partial charge in [-0.2, -0.15) is 5.26 Å². The molecule has 128 valence electrons. The lowest BCUT2D eigenvalue weighted by molar-refractivity contribution is -0.115. The van der Waals surface area contributed by atoms with Crippen molar-refractivity contribution in [3.63, 3.8) is 0 Å². The van der Waals surface area contributed by atoms with Gasteiger partial charge in [-0.3, -0.25) is 14.8 Å². The lowest BCUT2D eigenvalue weighted by Gasteiger charge is -2.09. The quantitative estimate of drug-likeness (QED) is 0.763. The van der Waals surface area contributed by atoms with Gasteiger partial charge in [-0.1, -0.05) is 0 Å². The first-order valence-electron chi connectivity index (χ1n) is 7.84. The first kappa shape index (κ1) is 17.0. The summed E-state index contributed by atoms with van der Waals surface area (Å²) < 4.78 is 5.75. The van der Waals surface area contributed by atoms with Crippen LogP contribution in [-0.2, 0) is 11.2 Å². The molecule has 1 amide bonds. The predicted octanol–water partition coefficient (Wildman–Crippen LogP) is 3.03. The first-order valence-corrected chi connectivity index (χ1v) is 7.84. The minimum absolute atomic E-state index is 0.0591. The standard InChI is InChI=1S/C19H15N5O2/c1-13-7-17(26-16-3-2-5-21-12-16)9-15(23-13)10-19(25)24-18-8-14(11-20)4-6-22-18/h2-9,12H,10H2,1H3,(H,22,24,25). The second-order valence-electron chi connectivity index (χ2n) is 5.49. The number of hydrogen-bond donors (Lipinski definition) is 1. The molecule has 7 nitrogen and oxygen atoms in total. The number of rotatable bonds is 5. The average Bonchev–Trinajstić information content (AvgIpc) is 2.62. The van der Waals surface area contributed by atoms with Crippen LogP contribution in [0.2, 0.25) is 0 Å². The number of amides is 1. The van der Waals surface area contributed by atoms with Gasteiger partial charge in [0.05, 0.1) is 29.9 Å². The maximum absolute atomic E-state index is 12.2. The molecule has 0 saturated carbocycles. The van der Waals surface area contributed by atoms with Gasteiger partial charge < -0.3 is 10.1 Å². The van der Waals surface area contributed by atoms with E-state index in [1.165, 1.54) is 12.3 Å². The molecule has 0 aliphatic carbocycles. The second kappa shape index (κ2) is 7.85. The SMILES string of the molecule is Cc1cc(Oc2cccnc2)cc(CC(=O)Nc2cc(C#N)ccn2)n1. The fraction of sp³-hybridized carbons (Fsp3) is 0.105. The third kappa shape index (κ3) is 4.61. The van der Waals surface area contributed by atoms with Crippen LogP contribution in [-0.4, -0.2) is 20.9 Å². The van der Waals surface area contributed by atoms with Crippen molar-refractivity contribution < 1.29 is 9.53 Å². The first-order chi connectivity index (χ1) is 12.6. The van der Waals surface area contributed by atoms with Crippen LogP contribution in [0.25, 0.3) is 0 Å². The largest absolute Gasteiger partial charge is 0.456 e. The van der Waals surface area contributed by atoms with E-state index < -0.39 is 0 Å². The summed E-state index contributed by atoms with van der Waals surface area (Å²) in [5, 5.41) is 11.6. The van der Waals surface area contributed by atoms with Crippen molar-refractivity contribution >= 4 is 11.7 Å². The molecule has 0 unspecified atom stereocenters. The van der Waals surface area contributed by atoms with Crippen molar-refractivity contribution in [2.45, 2.75) is 13.3 Å². The average molecular weight is 345 g/mol. The number of ether oxygens (including phenoxy) is 1. The molecule has 3 heterocycles. The molecule has 3 aromatic heterocycles. The Morgan fingerprint density at radius 3 is 2.88 bits per heavy atom. The van der Waals surface area contributed by atoms with E-state index in [0.29, 0.717) is 28.6 Å². The van der Waals surface area contributed by atoms with Gasteiger partial charge >= 0.3 is 0 Å². The number of carbonyl (C=O) groups is 1. The van der Waals surface area contributed by atoms with E-state index in [9.17, 15) is 4.79 Å². The highest BCUT2D eigenvalue weighted by molar-refractivity contribution is 5.91. The summed E-state index contributed by atoms with van der Waals surface area (Å²) >= 11 is 0. The molecule has 0 spiro atoms. The number of anilines is 1. The molecule has 0 aromatic carbocycles. The predicted molar refractivity (Wildman–Crippen MR) is 94.6 cm³/mol. The highest BCUT2D eigenvalue weighted by Crippen LogP contribution is 2.22. The van der Waals surface area contributed by atoms with Gasteiger partial charge in [0, 0.05) is 30.2 Å². The number of carbonyl (C=O) groups excluding carboxylic acids is 1. The molecule has 26 heavy (non-hydrogen) atoms. The molecule has 0 fully saturated rings. The molecule has 0 aliphatic heterocycles. The summed E-state index contributed by atoms with van der Waals surface area (Å²) in [6.07, 6.45) is 4.80. The van der Waals surface area contributed by atoms with Crippen LogP contribution >= 0.6 is 0 Å². The van der Waals surface area contributed by atoms with E-state index in [1.807, 2.05) is 13.0 Å². The molecule has 0 atom stereocenters. The van der Waals surface area contributed by atoms with Crippen LogP contribution in [0.4, 0.5) is 5.82 Å². The Labute approximate surface area is 150 Å². The summed E-state index contributed by atoms with van der Waals surface area (Å²) in [5.41, 5.74) is 1.73. The lowest BCUT2D eigenvalue weighted by Crippen LogP contribution is -2.16. The Kier molecular flexibility index (Phi) is 5.15. The minimum Gasteiger partial charge on any atom is -0.456 e. The topological polar surface area (TPSA) is 101 Å². The van der Waals surface area contributed by atoms with Crippen molar-refractivity contribution in [2.75, 3.05) is 5.32 Å². The Morgan fingerprint density at radius 2 is 2.12 bits per heavy atom. The monoisotopic (exact) mass is 345 g/mol. The fourth-order valence-corrected chi connectivity index (χ4v) is 2.32. The van der Waals surface area contributed by atoms with Crippen molar-refractivity contribution in [1.82, 2.24) is 15.0 Å². The number of aryl methyl sites for hydroxylation is 1. The van der Waals surface area contributed by atoms with E-state index in [-0.39, 0.29) is 12.3 Å². The molecule has 0 radical (unpaired) electrons. The van der Waals surface area contributed by atoms with Gasteiger partial charge in [0.1, 0.15) is 17.3 Å². The van der Waals surface area contributed by atoms with Crippen LogP contribution in [0, 0.1) is 18.3 Å². The number of nitriles is 1. The maximum Gasteiger partial charge on any atom is 0.231 e. The smallest absolute Gasteiger partial charge is 0.231 e. The highest BCUT2D eigenvalue weighted by Gasteiger charge is 2.09. The van der Waals surface area contributed by atoms with E-state index in [4.69, 9.17) is 10.00 Å². The molecular weight excluding hydrogens is 330 g/mol. The third-order valence-corrected chi connectivity index (χ3v) is 3.35. The summed E-state index contributed by atoms with van der Waals surface area (Å²) in [4.78, 5) is 24.6. The summed E-state index contributed by atoms with van der Waals surface area (Å²) in [6.45, 7) is 1.83. The number of pyridine rings is 3. The van der Waals surface area contributed by atoms with Gasteiger partial charge in [0.15, 0.2) is 0 Å². The highest BCUT2D eigenvalue weighted by atomic mass is 16.5. The van der Waals surface area contributed by atoms with Crippen LogP contribution in [0.5, 0.6) is 11.5 Å². The molecule has 3 aromatic rings. The van der Waals surface area contributed by atoms with Gasteiger partial charge in [-0.05, 0) is 31.2 Å². The number of aromatic nitrogens is 3. The van der Waals surface area contributed by atoms with E-state index in [0.717, 1.165) is 5.69 Å². The molecule has 0 bridgehead atoms. The van der Waals surface area contributed by atoms with Crippen LogP contribution in [0.3, 0.4) is 0 Å². The second-order valence-corrected chi connectivity index (χ2v) is 5.49. The molecule has 0 aliphatic rings. The van der Waals surface area contributed by atoms with Gasteiger partial charge in [0.2, 0.25) is 5.91 Å². The molecule has 3 rings (SSSR count). The summed E-state index contributed by atoms with van der Waals surface area (Å²) in [5.74, 6) is 1.23. The van der Waals surface area contributed by atoms with Gasteiger partial charge in [-0.25, -0.2) is 4.98 Å². The molecule has 0 saturated heterocycles. The summed E-state index contributed by atoms with van der Waals surface area (Å²) in [6, 6.07) is 12.1. The lowest BCUT2D eigenvalue weighted by atomic mass is 10.2. The Hall–Kier alpha value is -3.79. The Bertz CT molecular complexity index is 967. The Balaban J connectivity index is 1.71. The molecular formula is C19H15N5O2. The van der Waals surface area contributed by atoms with E-state index in [2.05, 4.69) is 20.3 Å². The van der Waals surface area contributed by atoms with Crippen molar-refractivity contribution in [3.05, 3.63) is 71.9 Å². The van der Waals surface area contributed by atoms with Crippen molar-refractivity contribution in [3.8, 4) is 17.6 Å². The maximum atomic E-state index is 12.2. The zero-order chi connectivity index (χ0) is 18.4. The summed E-state index contributed by atoms with van der Waals surface area (Å²) in [7, 11) is 0. The minimum atomic E-state index is -0.280.